The molecule has 7 heteroatoms. The summed E-state index contributed by atoms with van der Waals surface area (Å²) in [6, 6.07) is 1.90. The fourth-order valence-electron chi connectivity index (χ4n) is 1.81. The molecule has 0 spiro atoms. The van der Waals surface area contributed by atoms with Crippen LogP contribution in [0.25, 0.3) is 0 Å². The molecule has 1 atom stereocenters. The molecule has 1 aromatic carbocycles. The van der Waals surface area contributed by atoms with Crippen molar-refractivity contribution in [3.05, 3.63) is 35.4 Å². The molecule has 0 saturated carbocycles. The Morgan fingerprint density at radius 1 is 1.37 bits per heavy atom. The van der Waals surface area contributed by atoms with Gasteiger partial charge in [-0.25, -0.2) is 23.3 Å². The van der Waals surface area contributed by atoms with E-state index >= 15 is 0 Å². The Morgan fingerprint density at radius 3 is 2.63 bits per heavy atom. The maximum absolute atomic E-state index is 13.2. The molecule has 1 heterocycles. The third kappa shape index (κ3) is 2.35. The summed E-state index contributed by atoms with van der Waals surface area (Å²) in [6.07, 6.45) is -0.798. The highest BCUT2D eigenvalue weighted by Gasteiger charge is 2.40. The zero-order valence-electron chi connectivity index (χ0n) is 10.4. The average Bonchev–Trinajstić information content (AvgIpc) is 2.73. The minimum absolute atomic E-state index is 0.0799. The minimum atomic E-state index is -1.03. The quantitative estimate of drug-likeness (QED) is 0.785. The third-order valence-electron chi connectivity index (χ3n) is 2.79. The van der Waals surface area contributed by atoms with E-state index < -0.39 is 29.8 Å². The van der Waals surface area contributed by atoms with E-state index in [1.165, 1.54) is 25.1 Å². The number of rotatable bonds is 1. The molecule has 102 valence electrons. The smallest absolute Gasteiger partial charge is 0.418 e. The lowest BCUT2D eigenvalue weighted by molar-refractivity contribution is 0.149. The number of amides is 3. The van der Waals surface area contributed by atoms with Gasteiger partial charge >= 0.3 is 12.1 Å². The predicted octanol–water partition coefficient (Wildman–Crippen LogP) is 2.14. The Labute approximate surface area is 108 Å². The summed E-state index contributed by atoms with van der Waals surface area (Å²) < 4.78 is 30.9. The number of imide groups is 1. The third-order valence-corrected chi connectivity index (χ3v) is 2.79. The molecule has 1 unspecified atom stereocenters. The molecule has 19 heavy (non-hydrogen) atoms. The summed E-state index contributed by atoms with van der Waals surface area (Å²) in [7, 11) is 2.96. The Balaban J connectivity index is 2.34. The first kappa shape index (κ1) is 13.3. The lowest BCUT2D eigenvalue weighted by Crippen LogP contribution is -2.41. The second-order valence-electron chi connectivity index (χ2n) is 4.31. The van der Waals surface area contributed by atoms with Crippen LogP contribution in [0.3, 0.4) is 0 Å². The van der Waals surface area contributed by atoms with Crippen molar-refractivity contribution in [3.63, 3.8) is 0 Å². The number of carbonyl (C=O) groups excluding carboxylic acids is 2. The maximum atomic E-state index is 13.2. The molecule has 1 aromatic rings. The molecule has 1 saturated heterocycles. The molecule has 0 radical (unpaired) electrons. The number of ether oxygens (including phenoxy) is 1. The zero-order valence-corrected chi connectivity index (χ0v) is 10.4. The molecule has 0 aromatic heterocycles. The van der Waals surface area contributed by atoms with Crippen LogP contribution in [-0.2, 0) is 4.74 Å². The van der Waals surface area contributed by atoms with Crippen LogP contribution in [0.5, 0.6) is 0 Å². The van der Waals surface area contributed by atoms with Gasteiger partial charge in [0.25, 0.3) is 0 Å². The summed E-state index contributed by atoms with van der Waals surface area (Å²) in [4.78, 5) is 25.5. The van der Waals surface area contributed by atoms with Crippen LogP contribution in [0.4, 0.5) is 18.4 Å². The van der Waals surface area contributed by atoms with Gasteiger partial charge in [0, 0.05) is 14.1 Å². The van der Waals surface area contributed by atoms with Crippen molar-refractivity contribution in [1.82, 2.24) is 9.80 Å². The predicted molar refractivity (Wildman–Crippen MR) is 61.4 cm³/mol. The van der Waals surface area contributed by atoms with E-state index in [-0.39, 0.29) is 6.61 Å². The molecular weight excluding hydrogens is 258 g/mol. The summed E-state index contributed by atoms with van der Waals surface area (Å²) in [6.45, 7) is -0.0799. The average molecular weight is 270 g/mol. The highest BCUT2D eigenvalue weighted by atomic mass is 19.2. The SMILES string of the molecule is CN(C)C(=O)N1C(=O)OCC1c1ccc(F)c(F)c1. The maximum Gasteiger partial charge on any atom is 0.418 e. The van der Waals surface area contributed by atoms with Gasteiger partial charge in [0.15, 0.2) is 11.6 Å². The molecule has 0 N–H and O–H groups in total. The lowest BCUT2D eigenvalue weighted by Gasteiger charge is -2.23. The van der Waals surface area contributed by atoms with Crippen molar-refractivity contribution in [2.75, 3.05) is 20.7 Å². The van der Waals surface area contributed by atoms with E-state index in [0.29, 0.717) is 5.56 Å². The van der Waals surface area contributed by atoms with Crippen LogP contribution in [-0.4, -0.2) is 42.6 Å². The van der Waals surface area contributed by atoms with Crippen molar-refractivity contribution >= 4 is 12.1 Å². The molecule has 1 aliphatic rings. The van der Waals surface area contributed by atoms with Crippen LogP contribution in [0.15, 0.2) is 18.2 Å². The number of urea groups is 1. The van der Waals surface area contributed by atoms with Gasteiger partial charge in [0.2, 0.25) is 0 Å². The molecular formula is C12H12F2N2O3. The summed E-state index contributed by atoms with van der Waals surface area (Å²) in [5.74, 6) is -2.02. The number of carbonyl (C=O) groups is 2. The second-order valence-corrected chi connectivity index (χ2v) is 4.31. The molecule has 5 nitrogen and oxygen atoms in total. The van der Waals surface area contributed by atoms with Crippen molar-refractivity contribution < 1.29 is 23.1 Å². The molecule has 1 fully saturated rings. The van der Waals surface area contributed by atoms with Gasteiger partial charge < -0.3 is 9.64 Å². The van der Waals surface area contributed by atoms with Crippen LogP contribution in [0, 0.1) is 11.6 Å². The van der Waals surface area contributed by atoms with E-state index in [2.05, 4.69) is 0 Å². The molecule has 0 aliphatic carbocycles. The Morgan fingerprint density at radius 2 is 2.05 bits per heavy atom. The Bertz CT molecular complexity index is 534. The summed E-state index contributed by atoms with van der Waals surface area (Å²) in [5, 5.41) is 0. The monoisotopic (exact) mass is 270 g/mol. The first-order valence-electron chi connectivity index (χ1n) is 5.54. The number of hydrogen-bond donors (Lipinski definition) is 0. The number of benzene rings is 1. The molecule has 3 amide bonds. The number of hydrogen-bond acceptors (Lipinski definition) is 3. The van der Waals surface area contributed by atoms with Crippen LogP contribution in [0.2, 0.25) is 0 Å². The van der Waals surface area contributed by atoms with Gasteiger partial charge in [0.05, 0.1) is 0 Å². The number of cyclic esters (lactones) is 1. The molecule has 1 aliphatic heterocycles. The summed E-state index contributed by atoms with van der Waals surface area (Å²) in [5.41, 5.74) is 0.306. The van der Waals surface area contributed by atoms with Gasteiger partial charge in [-0.1, -0.05) is 6.07 Å². The Kier molecular flexibility index (Phi) is 3.37. The van der Waals surface area contributed by atoms with E-state index in [1.807, 2.05) is 0 Å². The topological polar surface area (TPSA) is 49.9 Å². The normalized spacial score (nSPS) is 18.4. The minimum Gasteiger partial charge on any atom is -0.446 e. The summed E-state index contributed by atoms with van der Waals surface area (Å²) >= 11 is 0. The first-order valence-corrected chi connectivity index (χ1v) is 5.54. The van der Waals surface area contributed by atoms with Gasteiger partial charge in [-0.15, -0.1) is 0 Å². The highest BCUT2D eigenvalue weighted by molar-refractivity contribution is 5.92. The van der Waals surface area contributed by atoms with Crippen molar-refractivity contribution in [3.8, 4) is 0 Å². The van der Waals surface area contributed by atoms with Gasteiger partial charge in [-0.05, 0) is 17.7 Å². The van der Waals surface area contributed by atoms with Crippen molar-refractivity contribution in [2.24, 2.45) is 0 Å². The van der Waals surface area contributed by atoms with E-state index in [4.69, 9.17) is 4.74 Å². The fourth-order valence-corrected chi connectivity index (χ4v) is 1.81. The first-order chi connectivity index (χ1) is 8.91. The largest absolute Gasteiger partial charge is 0.446 e. The molecule has 0 bridgehead atoms. The van der Waals surface area contributed by atoms with Crippen LogP contribution < -0.4 is 0 Å². The number of nitrogens with zero attached hydrogens (tertiary/aromatic N) is 2. The second kappa shape index (κ2) is 4.83. The van der Waals surface area contributed by atoms with Gasteiger partial charge in [-0.3, -0.25) is 0 Å². The Hall–Kier alpha value is -2.18. The van der Waals surface area contributed by atoms with Crippen LogP contribution >= 0.6 is 0 Å². The fraction of sp³-hybridized carbons (Fsp3) is 0.333. The van der Waals surface area contributed by atoms with E-state index in [0.717, 1.165) is 17.0 Å². The van der Waals surface area contributed by atoms with Crippen molar-refractivity contribution in [1.29, 1.82) is 0 Å². The number of halogens is 2. The van der Waals surface area contributed by atoms with Crippen LogP contribution in [0.1, 0.15) is 11.6 Å². The molecule has 2 rings (SSSR count). The lowest BCUT2D eigenvalue weighted by atomic mass is 10.1. The zero-order chi connectivity index (χ0) is 14.2. The van der Waals surface area contributed by atoms with E-state index in [9.17, 15) is 18.4 Å². The van der Waals surface area contributed by atoms with Gasteiger partial charge in [-0.2, -0.15) is 0 Å². The van der Waals surface area contributed by atoms with E-state index in [1.54, 1.807) is 0 Å². The standard InChI is InChI=1S/C12H12F2N2O3/c1-15(2)11(17)16-10(6-19-12(16)18)7-3-4-8(13)9(14)5-7/h3-5,10H,6H2,1-2H3. The highest BCUT2D eigenvalue weighted by Crippen LogP contribution is 2.29. The van der Waals surface area contributed by atoms with Gasteiger partial charge in [0.1, 0.15) is 12.6 Å². The van der Waals surface area contributed by atoms with Crippen molar-refractivity contribution in [2.45, 2.75) is 6.04 Å².